The number of hydrogen-bond donors (Lipinski definition) is 2. The lowest BCUT2D eigenvalue weighted by Gasteiger charge is -2.61. The van der Waals surface area contributed by atoms with Crippen LogP contribution in [0, 0.1) is 35.0 Å². The summed E-state index contributed by atoms with van der Waals surface area (Å²) in [6, 6.07) is 2.18. The summed E-state index contributed by atoms with van der Waals surface area (Å²) in [5.41, 5.74) is 0.746. The van der Waals surface area contributed by atoms with Gasteiger partial charge in [-0.15, -0.1) is 0 Å². The number of fused-ring (bicyclic) bond motifs is 5. The highest BCUT2D eigenvalue weighted by molar-refractivity contribution is 5.95. The monoisotopic (exact) mass is 382 g/mol. The highest BCUT2D eigenvalue weighted by atomic mass is 16.3. The lowest BCUT2D eigenvalue weighted by Crippen LogP contribution is -2.71. The minimum atomic E-state index is -0.0278. The van der Waals surface area contributed by atoms with Crippen molar-refractivity contribution in [3.63, 3.8) is 0 Å². The highest BCUT2D eigenvalue weighted by Crippen LogP contribution is 2.69. The second-order valence-electron chi connectivity index (χ2n) is 10.0. The van der Waals surface area contributed by atoms with E-state index in [1.807, 2.05) is 6.92 Å². The Balaban J connectivity index is 1.09. The summed E-state index contributed by atoms with van der Waals surface area (Å²) in [5, 5.41) is 6.67. The molecule has 5 fully saturated rings. The van der Waals surface area contributed by atoms with Crippen molar-refractivity contribution in [3.05, 3.63) is 23.7 Å². The predicted octanol–water partition coefficient (Wildman–Crippen LogP) is 3.29. The molecule has 5 aliphatic carbocycles. The molecule has 0 radical (unpaired) electrons. The molecule has 7 atom stereocenters. The van der Waals surface area contributed by atoms with Crippen LogP contribution < -0.4 is 10.6 Å². The fraction of sp³-hybridized carbons (Fsp3) is 0.739. The fourth-order valence-electron chi connectivity index (χ4n) is 7.47. The Labute approximate surface area is 166 Å². The van der Waals surface area contributed by atoms with Crippen molar-refractivity contribution in [2.75, 3.05) is 0 Å². The molecule has 5 saturated carbocycles. The third-order valence-corrected chi connectivity index (χ3v) is 9.11. The first kappa shape index (κ1) is 17.1. The largest absolute Gasteiger partial charge is 0.469 e. The zero-order chi connectivity index (χ0) is 19.0. The number of nitrogens with one attached hydrogen (secondary N) is 2. The number of aryl methyl sites for hydroxylation is 1. The maximum Gasteiger partial charge on any atom is 0.255 e. The van der Waals surface area contributed by atoms with Gasteiger partial charge in [-0.25, -0.2) is 0 Å². The molecule has 28 heavy (non-hydrogen) atoms. The van der Waals surface area contributed by atoms with Gasteiger partial charge in [-0.3, -0.25) is 9.59 Å². The number of carbonyl (C=O) groups is 2. The average molecular weight is 383 g/mol. The van der Waals surface area contributed by atoms with Crippen LogP contribution in [0.2, 0.25) is 0 Å². The van der Waals surface area contributed by atoms with Gasteiger partial charge >= 0.3 is 0 Å². The van der Waals surface area contributed by atoms with Crippen molar-refractivity contribution in [3.8, 4) is 0 Å². The maximum atomic E-state index is 13.0. The van der Waals surface area contributed by atoms with Crippen LogP contribution in [0.15, 0.2) is 16.7 Å². The van der Waals surface area contributed by atoms with Gasteiger partial charge < -0.3 is 15.1 Å². The Morgan fingerprint density at radius 1 is 1.11 bits per heavy atom. The number of rotatable bonds is 5. The van der Waals surface area contributed by atoms with Crippen LogP contribution in [0.25, 0.3) is 0 Å². The summed E-state index contributed by atoms with van der Waals surface area (Å²) < 4.78 is 5.41. The third kappa shape index (κ3) is 2.19. The summed E-state index contributed by atoms with van der Waals surface area (Å²) in [6.07, 6.45) is 10.7. The van der Waals surface area contributed by atoms with Gasteiger partial charge in [0.1, 0.15) is 5.76 Å². The lowest BCUT2D eigenvalue weighted by molar-refractivity contribution is -0.130. The normalized spacial score (nSPS) is 41.1. The first-order valence-corrected chi connectivity index (χ1v) is 11.3. The summed E-state index contributed by atoms with van der Waals surface area (Å²) in [5.74, 6) is 4.39. The SMILES string of the molecule is CCc1occc1C(=O)NC1CC(NC(=O)C2[C@@H]3[C@H]4CC[C@H](C4)[C@H]23)C12CCC2. The molecular formula is C23H30N2O3. The van der Waals surface area contributed by atoms with Crippen molar-refractivity contribution < 1.29 is 14.0 Å². The molecule has 2 bridgehead atoms. The second kappa shape index (κ2) is 5.87. The minimum Gasteiger partial charge on any atom is -0.469 e. The van der Waals surface area contributed by atoms with E-state index >= 15 is 0 Å². The Bertz CT molecular complexity index is 810. The molecule has 0 aliphatic heterocycles. The topological polar surface area (TPSA) is 71.3 Å². The number of hydrogen-bond acceptors (Lipinski definition) is 3. The first-order chi connectivity index (χ1) is 13.6. The average Bonchev–Trinajstić information content (AvgIpc) is 3.00. The van der Waals surface area contributed by atoms with Crippen LogP contribution in [0.5, 0.6) is 0 Å². The van der Waals surface area contributed by atoms with E-state index in [1.54, 1.807) is 12.3 Å². The van der Waals surface area contributed by atoms with Crippen LogP contribution in [0.3, 0.4) is 0 Å². The Morgan fingerprint density at radius 3 is 2.46 bits per heavy atom. The molecule has 1 heterocycles. The van der Waals surface area contributed by atoms with Crippen LogP contribution in [0.1, 0.15) is 68.0 Å². The molecule has 5 aliphatic rings. The molecule has 0 saturated heterocycles. The molecule has 6 rings (SSSR count). The van der Waals surface area contributed by atoms with E-state index in [9.17, 15) is 9.59 Å². The van der Waals surface area contributed by atoms with Crippen LogP contribution >= 0.6 is 0 Å². The van der Waals surface area contributed by atoms with E-state index in [1.165, 1.54) is 25.7 Å². The lowest BCUT2D eigenvalue weighted by atomic mass is 9.49. The van der Waals surface area contributed by atoms with Crippen molar-refractivity contribution in [2.24, 2.45) is 35.0 Å². The van der Waals surface area contributed by atoms with Crippen molar-refractivity contribution in [1.29, 1.82) is 0 Å². The van der Waals surface area contributed by atoms with E-state index in [2.05, 4.69) is 10.6 Å². The van der Waals surface area contributed by atoms with E-state index in [0.29, 0.717) is 29.2 Å². The predicted molar refractivity (Wildman–Crippen MR) is 103 cm³/mol. The Morgan fingerprint density at radius 2 is 1.82 bits per heavy atom. The molecule has 3 unspecified atom stereocenters. The molecule has 5 heteroatoms. The molecule has 1 aromatic rings. The number of furan rings is 1. The van der Waals surface area contributed by atoms with Gasteiger partial charge in [0.2, 0.25) is 5.91 Å². The molecule has 0 aromatic carbocycles. The zero-order valence-electron chi connectivity index (χ0n) is 16.6. The zero-order valence-corrected chi connectivity index (χ0v) is 16.6. The van der Waals surface area contributed by atoms with Gasteiger partial charge in [-0.1, -0.05) is 13.3 Å². The standard InChI is InChI=1S/C23H30N2O3/c1-2-15-14(6-9-28-15)21(26)24-16-11-17(23(16)7-3-8-23)25-22(27)20-18-12-4-5-13(10-12)19(18)20/h6,9,12-13,16-20H,2-5,7-8,10-11H2,1H3,(H,24,26)(H,25,27)/t12-,13+,16?,17?,18+,19-,20?. The van der Waals surface area contributed by atoms with Crippen LogP contribution in [-0.4, -0.2) is 23.9 Å². The van der Waals surface area contributed by atoms with Gasteiger partial charge in [-0.05, 0) is 68.3 Å². The van der Waals surface area contributed by atoms with E-state index in [-0.39, 0.29) is 23.4 Å². The summed E-state index contributed by atoms with van der Waals surface area (Å²) in [7, 11) is 0. The summed E-state index contributed by atoms with van der Waals surface area (Å²) in [6.45, 7) is 2.00. The van der Waals surface area contributed by atoms with Gasteiger partial charge in [-0.2, -0.15) is 0 Å². The molecule has 2 amide bonds. The van der Waals surface area contributed by atoms with Crippen molar-refractivity contribution >= 4 is 11.8 Å². The number of amides is 2. The second-order valence-corrected chi connectivity index (χ2v) is 10.0. The Hall–Kier alpha value is -1.78. The Kier molecular flexibility index (Phi) is 3.58. The summed E-state index contributed by atoms with van der Waals surface area (Å²) >= 11 is 0. The molecule has 1 aromatic heterocycles. The van der Waals surface area contributed by atoms with Crippen LogP contribution in [0.4, 0.5) is 0 Å². The van der Waals surface area contributed by atoms with Crippen molar-refractivity contribution in [1.82, 2.24) is 10.6 Å². The quantitative estimate of drug-likeness (QED) is 0.821. The molecule has 5 nitrogen and oxygen atoms in total. The van der Waals surface area contributed by atoms with E-state index < -0.39 is 0 Å². The van der Waals surface area contributed by atoms with Gasteiger partial charge in [0.05, 0.1) is 11.8 Å². The third-order valence-electron chi connectivity index (χ3n) is 9.11. The molecule has 2 N–H and O–H groups in total. The van der Waals surface area contributed by atoms with Gasteiger partial charge in [0.15, 0.2) is 0 Å². The smallest absolute Gasteiger partial charge is 0.255 e. The van der Waals surface area contributed by atoms with Gasteiger partial charge in [0.25, 0.3) is 5.91 Å². The minimum absolute atomic E-state index is 0.0278. The molecule has 150 valence electrons. The van der Waals surface area contributed by atoms with E-state index in [4.69, 9.17) is 4.42 Å². The fourth-order valence-corrected chi connectivity index (χ4v) is 7.47. The maximum absolute atomic E-state index is 13.0. The van der Waals surface area contributed by atoms with Gasteiger partial charge in [0, 0.05) is 29.8 Å². The van der Waals surface area contributed by atoms with Crippen molar-refractivity contribution in [2.45, 2.75) is 70.4 Å². The summed E-state index contributed by atoms with van der Waals surface area (Å²) in [4.78, 5) is 25.7. The van der Waals surface area contributed by atoms with Crippen LogP contribution in [-0.2, 0) is 11.2 Å². The number of carbonyl (C=O) groups excluding carboxylic acids is 2. The highest BCUT2D eigenvalue weighted by Gasteiger charge is 2.68. The molecule has 1 spiro atoms. The molecular weight excluding hydrogens is 352 g/mol. The first-order valence-electron chi connectivity index (χ1n) is 11.3. The van der Waals surface area contributed by atoms with E-state index in [0.717, 1.165) is 43.3 Å².